The van der Waals surface area contributed by atoms with Gasteiger partial charge in [0.05, 0.1) is 18.7 Å². The fourth-order valence-corrected chi connectivity index (χ4v) is 4.06. The normalized spacial score (nSPS) is 20.2. The second-order valence-corrected chi connectivity index (χ2v) is 7.46. The number of halogens is 1. The molecule has 3 aromatic carbocycles. The fraction of sp³-hybridized carbons (Fsp3) is 0.130. The van der Waals surface area contributed by atoms with Crippen LogP contribution in [0.4, 0.5) is 0 Å². The van der Waals surface area contributed by atoms with Crippen molar-refractivity contribution in [2.45, 2.75) is 18.7 Å². The molecule has 2 aliphatic heterocycles. The van der Waals surface area contributed by atoms with E-state index in [9.17, 15) is 4.79 Å². The monoisotopic (exact) mass is 388 g/mol. The van der Waals surface area contributed by atoms with E-state index in [1.54, 1.807) is 4.90 Å². The Balaban J connectivity index is 1.55. The van der Waals surface area contributed by atoms with E-state index >= 15 is 0 Å². The van der Waals surface area contributed by atoms with Crippen LogP contribution in [0, 0.1) is 0 Å². The van der Waals surface area contributed by atoms with E-state index in [1.807, 2.05) is 78.9 Å². The fourth-order valence-electron chi connectivity index (χ4n) is 3.94. The average Bonchev–Trinajstić information content (AvgIpc) is 3.27. The van der Waals surface area contributed by atoms with Crippen LogP contribution in [0.3, 0.4) is 0 Å². The molecule has 2 heterocycles. The van der Waals surface area contributed by atoms with Gasteiger partial charge in [-0.1, -0.05) is 77.4 Å². The second kappa shape index (κ2) is 6.50. The van der Waals surface area contributed by atoms with Crippen molar-refractivity contribution in [3.05, 3.63) is 106 Å². The van der Waals surface area contributed by atoms with E-state index in [2.05, 4.69) is 5.16 Å². The van der Waals surface area contributed by atoms with Crippen LogP contribution >= 0.6 is 11.6 Å². The molecular weight excluding hydrogens is 372 g/mol. The summed E-state index contributed by atoms with van der Waals surface area (Å²) in [5.74, 6) is -0.0352. The van der Waals surface area contributed by atoms with E-state index in [-0.39, 0.29) is 5.91 Å². The minimum atomic E-state index is -0.918. The number of carbonyl (C=O) groups is 1. The summed E-state index contributed by atoms with van der Waals surface area (Å²) in [4.78, 5) is 21.1. The molecule has 0 saturated carbocycles. The number of amides is 1. The molecule has 0 aliphatic carbocycles. The Morgan fingerprint density at radius 2 is 1.68 bits per heavy atom. The van der Waals surface area contributed by atoms with Crippen LogP contribution < -0.4 is 0 Å². The molecule has 0 radical (unpaired) electrons. The van der Waals surface area contributed by atoms with Crippen molar-refractivity contribution in [2.24, 2.45) is 5.16 Å². The lowest BCUT2D eigenvalue weighted by Crippen LogP contribution is -2.43. The first kappa shape index (κ1) is 17.0. The highest BCUT2D eigenvalue weighted by Gasteiger charge is 2.55. The van der Waals surface area contributed by atoms with Crippen LogP contribution in [0.1, 0.15) is 33.5 Å². The molecule has 0 N–H and O–H groups in total. The van der Waals surface area contributed by atoms with Gasteiger partial charge in [-0.15, -0.1) is 0 Å². The molecule has 1 spiro atoms. The Labute approximate surface area is 168 Å². The van der Waals surface area contributed by atoms with Gasteiger partial charge < -0.3 is 4.84 Å². The SMILES string of the molecule is O=C1c2ccccc2C2(CC(c3ccc(Cl)cc3)=NO2)N1Cc1ccccc1. The van der Waals surface area contributed by atoms with Gasteiger partial charge in [-0.05, 0) is 29.3 Å². The summed E-state index contributed by atoms with van der Waals surface area (Å²) in [6, 6.07) is 25.1. The summed E-state index contributed by atoms with van der Waals surface area (Å²) in [5, 5.41) is 5.05. The molecule has 4 nitrogen and oxygen atoms in total. The molecule has 1 amide bonds. The van der Waals surface area contributed by atoms with Crippen LogP contribution in [0.2, 0.25) is 5.02 Å². The zero-order valence-corrected chi connectivity index (χ0v) is 15.8. The molecule has 0 aromatic heterocycles. The Kier molecular flexibility index (Phi) is 3.95. The lowest BCUT2D eigenvalue weighted by Gasteiger charge is -2.33. The average molecular weight is 389 g/mol. The molecule has 2 aliphatic rings. The van der Waals surface area contributed by atoms with Gasteiger partial charge in [-0.3, -0.25) is 9.69 Å². The third-order valence-corrected chi connectivity index (χ3v) is 5.59. The molecule has 3 aromatic rings. The molecule has 0 saturated heterocycles. The summed E-state index contributed by atoms with van der Waals surface area (Å²) in [7, 11) is 0. The standard InChI is InChI=1S/C23H17ClN2O2/c24-18-12-10-17(11-13-18)21-14-23(28-25-21)20-9-5-4-8-19(20)22(27)26(23)15-16-6-2-1-3-7-16/h1-13H,14-15H2. The molecule has 0 fully saturated rings. The summed E-state index contributed by atoms with van der Waals surface area (Å²) in [6.45, 7) is 0.456. The Morgan fingerprint density at radius 1 is 0.964 bits per heavy atom. The van der Waals surface area contributed by atoms with Gasteiger partial charge in [0, 0.05) is 16.1 Å². The number of fused-ring (bicyclic) bond motifs is 2. The number of rotatable bonds is 3. The van der Waals surface area contributed by atoms with Crippen molar-refractivity contribution in [1.29, 1.82) is 0 Å². The summed E-state index contributed by atoms with van der Waals surface area (Å²) in [6.07, 6.45) is 0.490. The number of hydrogen-bond donors (Lipinski definition) is 0. The van der Waals surface area contributed by atoms with Gasteiger partial charge in [-0.2, -0.15) is 0 Å². The molecule has 1 atom stereocenters. The highest BCUT2D eigenvalue weighted by Crippen LogP contribution is 2.47. The molecule has 28 heavy (non-hydrogen) atoms. The molecule has 0 bridgehead atoms. The highest BCUT2D eigenvalue weighted by atomic mass is 35.5. The molecule has 5 rings (SSSR count). The first-order valence-corrected chi connectivity index (χ1v) is 9.51. The van der Waals surface area contributed by atoms with Crippen molar-refractivity contribution in [1.82, 2.24) is 4.90 Å². The Morgan fingerprint density at radius 3 is 2.46 bits per heavy atom. The van der Waals surface area contributed by atoms with Crippen LogP contribution in [-0.4, -0.2) is 16.5 Å². The van der Waals surface area contributed by atoms with Crippen LogP contribution in [0.5, 0.6) is 0 Å². The predicted molar refractivity (Wildman–Crippen MR) is 108 cm³/mol. The highest BCUT2D eigenvalue weighted by molar-refractivity contribution is 6.30. The number of benzene rings is 3. The third-order valence-electron chi connectivity index (χ3n) is 5.33. The molecule has 1 unspecified atom stereocenters. The van der Waals surface area contributed by atoms with Gasteiger partial charge in [0.2, 0.25) is 5.72 Å². The predicted octanol–water partition coefficient (Wildman–Crippen LogP) is 4.97. The zero-order valence-electron chi connectivity index (χ0n) is 15.0. The topological polar surface area (TPSA) is 41.9 Å². The van der Waals surface area contributed by atoms with E-state index in [1.165, 1.54) is 0 Å². The number of nitrogens with zero attached hydrogens (tertiary/aromatic N) is 2. The van der Waals surface area contributed by atoms with Gasteiger partial charge in [0.25, 0.3) is 5.91 Å². The summed E-state index contributed by atoms with van der Waals surface area (Å²) < 4.78 is 0. The lowest BCUT2D eigenvalue weighted by molar-refractivity contribution is -0.121. The van der Waals surface area contributed by atoms with Crippen molar-refractivity contribution in [2.75, 3.05) is 0 Å². The van der Waals surface area contributed by atoms with Crippen molar-refractivity contribution >= 4 is 23.2 Å². The lowest BCUT2D eigenvalue weighted by atomic mass is 9.94. The number of carbonyl (C=O) groups excluding carboxylic acids is 1. The molecular formula is C23H17ClN2O2. The zero-order chi connectivity index (χ0) is 19.1. The summed E-state index contributed by atoms with van der Waals surface area (Å²) in [5.41, 5.74) is 3.41. The maximum atomic E-state index is 13.2. The molecule has 5 heteroatoms. The van der Waals surface area contributed by atoms with Gasteiger partial charge in [-0.25, -0.2) is 0 Å². The first-order valence-electron chi connectivity index (χ1n) is 9.14. The Bertz CT molecular complexity index is 1080. The smallest absolute Gasteiger partial charge is 0.258 e. The number of hydrogen-bond acceptors (Lipinski definition) is 3. The minimum Gasteiger partial charge on any atom is -0.361 e. The number of oxime groups is 1. The van der Waals surface area contributed by atoms with E-state index in [4.69, 9.17) is 16.4 Å². The quantitative estimate of drug-likeness (QED) is 0.635. The Hall–Kier alpha value is -3.11. The minimum absolute atomic E-state index is 0.0352. The van der Waals surface area contributed by atoms with Crippen LogP contribution in [0.15, 0.2) is 84.0 Å². The van der Waals surface area contributed by atoms with E-state index < -0.39 is 5.72 Å². The summed E-state index contributed by atoms with van der Waals surface area (Å²) >= 11 is 6.01. The van der Waals surface area contributed by atoms with Crippen LogP contribution in [-0.2, 0) is 17.1 Å². The van der Waals surface area contributed by atoms with Crippen LogP contribution in [0.25, 0.3) is 0 Å². The first-order chi connectivity index (χ1) is 13.7. The second-order valence-electron chi connectivity index (χ2n) is 7.02. The van der Waals surface area contributed by atoms with Gasteiger partial charge in [0.15, 0.2) is 0 Å². The van der Waals surface area contributed by atoms with Gasteiger partial charge >= 0.3 is 0 Å². The van der Waals surface area contributed by atoms with Crippen molar-refractivity contribution in [3.8, 4) is 0 Å². The third kappa shape index (κ3) is 2.60. The largest absolute Gasteiger partial charge is 0.361 e. The van der Waals surface area contributed by atoms with Crippen molar-refractivity contribution in [3.63, 3.8) is 0 Å². The van der Waals surface area contributed by atoms with E-state index in [0.717, 1.165) is 22.4 Å². The maximum Gasteiger partial charge on any atom is 0.258 e. The van der Waals surface area contributed by atoms with E-state index in [0.29, 0.717) is 23.6 Å². The maximum absolute atomic E-state index is 13.2. The van der Waals surface area contributed by atoms with Gasteiger partial charge in [0.1, 0.15) is 0 Å². The van der Waals surface area contributed by atoms with Crippen molar-refractivity contribution < 1.29 is 9.63 Å². The molecule has 138 valence electrons.